The summed E-state index contributed by atoms with van der Waals surface area (Å²) in [7, 11) is 0. The van der Waals surface area contributed by atoms with Gasteiger partial charge < -0.3 is 5.32 Å². The van der Waals surface area contributed by atoms with Crippen molar-refractivity contribution < 1.29 is 4.79 Å². The molecule has 1 N–H and O–H groups in total. The molecule has 16 heavy (non-hydrogen) atoms. The Morgan fingerprint density at radius 3 is 2.88 bits per heavy atom. The van der Waals surface area contributed by atoms with E-state index in [4.69, 9.17) is 0 Å². The predicted octanol–water partition coefficient (Wildman–Crippen LogP) is 2.58. The molecule has 0 aromatic carbocycles. The molecule has 90 valence electrons. The lowest BCUT2D eigenvalue weighted by Gasteiger charge is -2.07. The van der Waals surface area contributed by atoms with Gasteiger partial charge in [-0.3, -0.25) is 4.57 Å². The fraction of sp³-hybridized carbons (Fsp3) is 0.667. The molecule has 0 saturated heterocycles. The molecule has 4 nitrogen and oxygen atoms in total. The van der Waals surface area contributed by atoms with E-state index in [0.717, 1.165) is 25.2 Å². The van der Waals surface area contributed by atoms with Crippen molar-refractivity contribution in [3.8, 4) is 0 Å². The first-order valence-electron chi connectivity index (χ1n) is 6.10. The van der Waals surface area contributed by atoms with Gasteiger partial charge in [0.05, 0.1) is 0 Å². The highest BCUT2D eigenvalue weighted by atomic mass is 16.2. The Bertz CT molecular complexity index is 320. The molecule has 0 radical (unpaired) electrons. The topological polar surface area (TPSA) is 46.9 Å². The summed E-state index contributed by atoms with van der Waals surface area (Å²) in [6.45, 7) is 4.92. The van der Waals surface area contributed by atoms with Crippen LogP contribution in [0.4, 0.5) is 4.79 Å². The van der Waals surface area contributed by atoms with Crippen LogP contribution in [0.25, 0.3) is 0 Å². The first-order valence-corrected chi connectivity index (χ1v) is 6.10. The van der Waals surface area contributed by atoms with Crippen LogP contribution in [0.3, 0.4) is 0 Å². The van der Waals surface area contributed by atoms with Gasteiger partial charge in [0.1, 0.15) is 5.82 Å². The minimum atomic E-state index is -0.0640. The van der Waals surface area contributed by atoms with Gasteiger partial charge in [-0.15, -0.1) is 0 Å². The van der Waals surface area contributed by atoms with Crippen molar-refractivity contribution in [2.75, 3.05) is 6.54 Å². The third-order valence-electron chi connectivity index (χ3n) is 2.56. The van der Waals surface area contributed by atoms with Crippen molar-refractivity contribution >= 4 is 6.03 Å². The molecule has 0 spiro atoms. The smallest absolute Gasteiger partial charge is 0.327 e. The van der Waals surface area contributed by atoms with E-state index in [1.807, 2.05) is 6.92 Å². The summed E-state index contributed by atoms with van der Waals surface area (Å²) in [5.41, 5.74) is 0. The SMILES string of the molecule is CCCCCCNC(=O)n1ccnc1CC. The third-order valence-corrected chi connectivity index (χ3v) is 2.56. The van der Waals surface area contributed by atoms with Gasteiger partial charge in [0.25, 0.3) is 0 Å². The van der Waals surface area contributed by atoms with E-state index in [-0.39, 0.29) is 6.03 Å². The Kier molecular flexibility index (Phi) is 5.61. The minimum absolute atomic E-state index is 0.0640. The van der Waals surface area contributed by atoms with E-state index < -0.39 is 0 Å². The standard InChI is InChI=1S/C12H21N3O/c1-3-5-6-7-8-14-12(16)15-10-9-13-11(15)4-2/h9-10H,3-8H2,1-2H3,(H,14,16). The van der Waals surface area contributed by atoms with Crippen LogP contribution in [0.2, 0.25) is 0 Å². The fourth-order valence-corrected chi connectivity index (χ4v) is 1.61. The van der Waals surface area contributed by atoms with Crippen molar-refractivity contribution in [2.45, 2.75) is 46.0 Å². The van der Waals surface area contributed by atoms with E-state index >= 15 is 0 Å². The first-order chi connectivity index (χ1) is 7.79. The lowest BCUT2D eigenvalue weighted by atomic mass is 10.2. The van der Waals surface area contributed by atoms with Crippen LogP contribution in [0.15, 0.2) is 12.4 Å². The average Bonchev–Trinajstić information content (AvgIpc) is 2.76. The lowest BCUT2D eigenvalue weighted by molar-refractivity contribution is 0.241. The third kappa shape index (κ3) is 3.68. The molecule has 0 saturated carbocycles. The Morgan fingerprint density at radius 1 is 1.38 bits per heavy atom. The normalized spacial score (nSPS) is 10.4. The number of hydrogen-bond donors (Lipinski definition) is 1. The van der Waals surface area contributed by atoms with Crippen molar-refractivity contribution in [3.63, 3.8) is 0 Å². The molecule has 0 atom stereocenters. The molecular formula is C12H21N3O. The Balaban J connectivity index is 2.30. The minimum Gasteiger partial charge on any atom is -0.337 e. The van der Waals surface area contributed by atoms with Gasteiger partial charge in [-0.25, -0.2) is 9.78 Å². The Morgan fingerprint density at radius 2 is 2.19 bits per heavy atom. The monoisotopic (exact) mass is 223 g/mol. The molecule has 0 aliphatic carbocycles. The number of aromatic nitrogens is 2. The lowest BCUT2D eigenvalue weighted by Crippen LogP contribution is -2.30. The predicted molar refractivity (Wildman–Crippen MR) is 64.5 cm³/mol. The summed E-state index contributed by atoms with van der Waals surface area (Å²) < 4.78 is 1.58. The fourth-order valence-electron chi connectivity index (χ4n) is 1.61. The second-order valence-corrected chi connectivity index (χ2v) is 3.86. The quantitative estimate of drug-likeness (QED) is 0.753. The molecule has 0 fully saturated rings. The Hall–Kier alpha value is -1.32. The van der Waals surface area contributed by atoms with Gasteiger partial charge in [0.2, 0.25) is 0 Å². The molecule has 1 aromatic rings. The van der Waals surface area contributed by atoms with Gasteiger partial charge in [-0.1, -0.05) is 33.1 Å². The summed E-state index contributed by atoms with van der Waals surface area (Å²) in [4.78, 5) is 15.8. The van der Waals surface area contributed by atoms with E-state index in [9.17, 15) is 4.79 Å². The second-order valence-electron chi connectivity index (χ2n) is 3.86. The van der Waals surface area contributed by atoms with Crippen molar-refractivity contribution in [1.82, 2.24) is 14.9 Å². The van der Waals surface area contributed by atoms with Crippen LogP contribution >= 0.6 is 0 Å². The van der Waals surface area contributed by atoms with Gasteiger partial charge in [-0.2, -0.15) is 0 Å². The maximum absolute atomic E-state index is 11.7. The van der Waals surface area contributed by atoms with E-state index in [1.165, 1.54) is 19.3 Å². The van der Waals surface area contributed by atoms with Crippen LogP contribution in [-0.4, -0.2) is 22.1 Å². The van der Waals surface area contributed by atoms with Crippen molar-refractivity contribution in [3.05, 3.63) is 18.2 Å². The molecule has 0 aliphatic heterocycles. The van der Waals surface area contributed by atoms with Gasteiger partial charge in [-0.05, 0) is 6.42 Å². The van der Waals surface area contributed by atoms with Crippen LogP contribution in [-0.2, 0) is 6.42 Å². The molecule has 0 unspecified atom stereocenters. The molecule has 0 bridgehead atoms. The molecular weight excluding hydrogens is 202 g/mol. The number of carbonyl (C=O) groups is 1. The molecule has 1 amide bonds. The van der Waals surface area contributed by atoms with Crippen LogP contribution in [0, 0.1) is 0 Å². The van der Waals surface area contributed by atoms with Gasteiger partial charge >= 0.3 is 6.03 Å². The number of aryl methyl sites for hydroxylation is 1. The summed E-state index contributed by atoms with van der Waals surface area (Å²) >= 11 is 0. The summed E-state index contributed by atoms with van der Waals surface area (Å²) in [5.74, 6) is 0.811. The zero-order valence-electron chi connectivity index (χ0n) is 10.2. The maximum Gasteiger partial charge on any atom is 0.327 e. The molecule has 0 aliphatic rings. The number of carbonyl (C=O) groups excluding carboxylic acids is 1. The first kappa shape index (κ1) is 12.7. The Labute approximate surface area is 97.1 Å². The number of nitrogens with one attached hydrogen (secondary N) is 1. The number of hydrogen-bond acceptors (Lipinski definition) is 2. The zero-order chi connectivity index (χ0) is 11.8. The van der Waals surface area contributed by atoms with Gasteiger partial charge in [0.15, 0.2) is 0 Å². The van der Waals surface area contributed by atoms with Crippen LogP contribution < -0.4 is 5.32 Å². The van der Waals surface area contributed by atoms with Gasteiger partial charge in [0, 0.05) is 25.4 Å². The summed E-state index contributed by atoms with van der Waals surface area (Å²) in [6.07, 6.45) is 8.83. The number of rotatable bonds is 6. The van der Waals surface area contributed by atoms with E-state index in [0.29, 0.717) is 0 Å². The number of unbranched alkanes of at least 4 members (excludes halogenated alkanes) is 3. The summed E-state index contributed by atoms with van der Waals surface area (Å²) in [5, 5.41) is 2.90. The maximum atomic E-state index is 11.7. The van der Waals surface area contributed by atoms with E-state index in [1.54, 1.807) is 17.0 Å². The number of nitrogens with zero attached hydrogens (tertiary/aromatic N) is 2. The largest absolute Gasteiger partial charge is 0.337 e. The highest BCUT2D eigenvalue weighted by molar-refractivity contribution is 5.77. The molecule has 1 aromatic heterocycles. The van der Waals surface area contributed by atoms with E-state index in [2.05, 4.69) is 17.2 Å². The highest BCUT2D eigenvalue weighted by Crippen LogP contribution is 1.99. The second kappa shape index (κ2) is 7.04. The number of imidazole rings is 1. The number of amides is 1. The molecule has 1 heterocycles. The summed E-state index contributed by atoms with van der Waals surface area (Å²) in [6, 6.07) is -0.0640. The molecule has 4 heteroatoms. The van der Waals surface area contributed by atoms with Crippen LogP contribution in [0.1, 0.15) is 45.4 Å². The highest BCUT2D eigenvalue weighted by Gasteiger charge is 2.07. The van der Waals surface area contributed by atoms with Crippen LogP contribution in [0.5, 0.6) is 0 Å². The van der Waals surface area contributed by atoms with Crippen molar-refractivity contribution in [2.24, 2.45) is 0 Å². The van der Waals surface area contributed by atoms with Crippen molar-refractivity contribution in [1.29, 1.82) is 0 Å². The average molecular weight is 223 g/mol. The molecule has 1 rings (SSSR count). The zero-order valence-corrected chi connectivity index (χ0v) is 10.2.